The Hall–Kier alpha value is -1.41. The van der Waals surface area contributed by atoms with Gasteiger partial charge in [0.2, 0.25) is 6.08 Å². The molecule has 0 saturated carbocycles. The summed E-state index contributed by atoms with van der Waals surface area (Å²) in [7, 11) is 0. The monoisotopic (exact) mass is 197 g/mol. The van der Waals surface area contributed by atoms with Crippen molar-refractivity contribution < 1.29 is 14.3 Å². The molecule has 78 valence electrons. The number of ether oxygens (including phenoxy) is 1. The van der Waals surface area contributed by atoms with Crippen LogP contribution in [0.4, 0.5) is 0 Å². The van der Waals surface area contributed by atoms with E-state index in [9.17, 15) is 9.59 Å². The Kier molecular flexibility index (Phi) is 6.33. The molecule has 0 heterocycles. The first-order chi connectivity index (χ1) is 6.61. The van der Waals surface area contributed by atoms with Gasteiger partial charge in [-0.05, 0) is 13.3 Å². The minimum atomic E-state index is -0.396. The van der Waals surface area contributed by atoms with Gasteiger partial charge in [-0.2, -0.15) is 0 Å². The van der Waals surface area contributed by atoms with Crippen molar-refractivity contribution in [1.82, 2.24) is 0 Å². The van der Waals surface area contributed by atoms with Gasteiger partial charge in [0.05, 0.1) is 6.54 Å². The van der Waals surface area contributed by atoms with E-state index in [2.05, 4.69) is 11.6 Å². The van der Waals surface area contributed by atoms with Crippen LogP contribution in [0, 0.1) is 0 Å². The molecule has 0 aromatic carbocycles. The van der Waals surface area contributed by atoms with Crippen molar-refractivity contribution in [3.63, 3.8) is 0 Å². The molecule has 0 fully saturated rings. The van der Waals surface area contributed by atoms with Gasteiger partial charge in [0, 0.05) is 12.0 Å². The summed E-state index contributed by atoms with van der Waals surface area (Å²) in [5.74, 6) is -0.396. The maximum Gasteiger partial charge on any atom is 0.333 e. The highest BCUT2D eigenvalue weighted by atomic mass is 16.5. The van der Waals surface area contributed by atoms with Gasteiger partial charge in [0.1, 0.15) is 6.10 Å². The van der Waals surface area contributed by atoms with Gasteiger partial charge in [-0.15, -0.1) is 0 Å². The molecule has 14 heavy (non-hydrogen) atoms. The molecular weight excluding hydrogens is 182 g/mol. The third-order valence-electron chi connectivity index (χ3n) is 1.70. The van der Waals surface area contributed by atoms with E-state index >= 15 is 0 Å². The minimum Gasteiger partial charge on any atom is -0.459 e. The molecule has 0 amide bonds. The number of carbonyl (C=O) groups is 1. The van der Waals surface area contributed by atoms with Crippen molar-refractivity contribution in [3.05, 3.63) is 12.2 Å². The molecule has 0 aliphatic heterocycles. The molecule has 1 atom stereocenters. The van der Waals surface area contributed by atoms with Crippen LogP contribution in [0.3, 0.4) is 0 Å². The molecule has 0 spiro atoms. The molecule has 0 aliphatic carbocycles. The van der Waals surface area contributed by atoms with Gasteiger partial charge in [-0.1, -0.05) is 13.5 Å². The van der Waals surface area contributed by atoms with Crippen LogP contribution in [-0.2, 0) is 14.3 Å². The highest BCUT2D eigenvalue weighted by Crippen LogP contribution is 2.06. The van der Waals surface area contributed by atoms with Crippen molar-refractivity contribution in [2.75, 3.05) is 6.54 Å². The Morgan fingerprint density at radius 1 is 1.64 bits per heavy atom. The topological polar surface area (TPSA) is 55.7 Å². The highest BCUT2D eigenvalue weighted by molar-refractivity contribution is 5.87. The number of hydrogen-bond donors (Lipinski definition) is 0. The number of carbonyl (C=O) groups excluding carboxylic acids is 2. The molecule has 0 rings (SSSR count). The summed E-state index contributed by atoms with van der Waals surface area (Å²) in [6, 6.07) is 0. The highest BCUT2D eigenvalue weighted by Gasteiger charge is 2.12. The average Bonchev–Trinajstić information content (AvgIpc) is 2.16. The fraction of sp³-hybridized carbons (Fsp3) is 0.600. The van der Waals surface area contributed by atoms with E-state index in [1.54, 1.807) is 6.92 Å². The van der Waals surface area contributed by atoms with Crippen molar-refractivity contribution in [2.45, 2.75) is 32.8 Å². The lowest BCUT2D eigenvalue weighted by Gasteiger charge is -2.14. The van der Waals surface area contributed by atoms with Crippen LogP contribution < -0.4 is 0 Å². The Morgan fingerprint density at radius 2 is 2.29 bits per heavy atom. The zero-order chi connectivity index (χ0) is 11.0. The van der Waals surface area contributed by atoms with Gasteiger partial charge in [-0.3, -0.25) is 0 Å². The van der Waals surface area contributed by atoms with E-state index in [0.29, 0.717) is 25.0 Å². The number of esters is 1. The van der Waals surface area contributed by atoms with E-state index in [0.717, 1.165) is 0 Å². The summed E-state index contributed by atoms with van der Waals surface area (Å²) in [6.45, 7) is 7.32. The predicted octanol–water partition coefficient (Wildman–Crippen LogP) is 1.61. The maximum absolute atomic E-state index is 11.1. The molecular formula is C10H15NO3. The first-order valence-electron chi connectivity index (χ1n) is 4.52. The van der Waals surface area contributed by atoms with Crippen LogP contribution in [-0.4, -0.2) is 24.7 Å². The Balaban J connectivity index is 3.95. The second-order valence-electron chi connectivity index (χ2n) is 2.98. The second kappa shape index (κ2) is 7.04. The summed E-state index contributed by atoms with van der Waals surface area (Å²) in [5, 5.41) is 0. The Bertz CT molecular complexity index is 254. The van der Waals surface area contributed by atoms with Gasteiger partial charge in [0.25, 0.3) is 0 Å². The van der Waals surface area contributed by atoms with Crippen molar-refractivity contribution in [3.8, 4) is 0 Å². The largest absolute Gasteiger partial charge is 0.459 e. The van der Waals surface area contributed by atoms with E-state index < -0.39 is 5.97 Å². The molecule has 0 aromatic rings. The quantitative estimate of drug-likeness (QED) is 0.281. The molecule has 0 radical (unpaired) electrons. The Morgan fingerprint density at radius 3 is 2.71 bits per heavy atom. The van der Waals surface area contributed by atoms with Gasteiger partial charge >= 0.3 is 5.97 Å². The number of isocyanates is 1. The van der Waals surface area contributed by atoms with E-state index in [4.69, 9.17) is 4.74 Å². The average molecular weight is 197 g/mol. The zero-order valence-corrected chi connectivity index (χ0v) is 8.58. The van der Waals surface area contributed by atoms with Crippen LogP contribution in [0.25, 0.3) is 0 Å². The lowest BCUT2D eigenvalue weighted by Crippen LogP contribution is -2.18. The molecule has 0 aromatic heterocycles. The number of rotatable bonds is 6. The van der Waals surface area contributed by atoms with Crippen molar-refractivity contribution >= 4 is 12.0 Å². The van der Waals surface area contributed by atoms with Crippen molar-refractivity contribution in [1.29, 1.82) is 0 Å². The van der Waals surface area contributed by atoms with Crippen LogP contribution in [0.2, 0.25) is 0 Å². The predicted molar refractivity (Wildman–Crippen MR) is 52.6 cm³/mol. The fourth-order valence-corrected chi connectivity index (χ4v) is 0.853. The minimum absolute atomic E-state index is 0.198. The lowest BCUT2D eigenvalue weighted by atomic mass is 10.2. The fourth-order valence-electron chi connectivity index (χ4n) is 0.853. The van der Waals surface area contributed by atoms with Gasteiger partial charge in [0.15, 0.2) is 0 Å². The van der Waals surface area contributed by atoms with Crippen LogP contribution in [0.5, 0.6) is 0 Å². The third-order valence-corrected chi connectivity index (χ3v) is 1.70. The smallest absolute Gasteiger partial charge is 0.333 e. The van der Waals surface area contributed by atoms with E-state index in [1.807, 2.05) is 6.92 Å². The van der Waals surface area contributed by atoms with E-state index in [1.165, 1.54) is 6.08 Å². The molecule has 4 nitrogen and oxygen atoms in total. The number of aliphatic imine (C=N–C) groups is 1. The third kappa shape index (κ3) is 5.27. The molecule has 0 aliphatic rings. The SMILES string of the molecule is C=C(C)C(=O)OC(CC)CCN=C=O. The molecule has 1 unspecified atom stereocenters. The number of hydrogen-bond acceptors (Lipinski definition) is 4. The zero-order valence-electron chi connectivity index (χ0n) is 8.58. The summed E-state index contributed by atoms with van der Waals surface area (Å²) >= 11 is 0. The van der Waals surface area contributed by atoms with E-state index in [-0.39, 0.29) is 6.10 Å². The lowest BCUT2D eigenvalue weighted by molar-refractivity contribution is -0.144. The molecule has 0 saturated heterocycles. The first-order valence-corrected chi connectivity index (χ1v) is 4.52. The summed E-state index contributed by atoms with van der Waals surface area (Å²) in [4.78, 5) is 24.3. The standard InChI is InChI=1S/C10H15NO3/c1-4-9(5-6-11-7-12)14-10(13)8(2)3/h9H,2,4-6H2,1,3H3. The Labute approximate surface area is 83.7 Å². The van der Waals surface area contributed by atoms with Gasteiger partial charge < -0.3 is 4.74 Å². The summed E-state index contributed by atoms with van der Waals surface area (Å²) in [5.41, 5.74) is 0.377. The van der Waals surface area contributed by atoms with Crippen LogP contribution >= 0.6 is 0 Å². The molecule has 0 bridgehead atoms. The molecule has 0 N–H and O–H groups in total. The summed E-state index contributed by atoms with van der Waals surface area (Å²) in [6.07, 6.45) is 2.49. The first kappa shape index (κ1) is 12.6. The summed E-state index contributed by atoms with van der Waals surface area (Å²) < 4.78 is 5.08. The van der Waals surface area contributed by atoms with Gasteiger partial charge in [-0.25, -0.2) is 14.6 Å². The van der Waals surface area contributed by atoms with Crippen LogP contribution in [0.1, 0.15) is 26.7 Å². The van der Waals surface area contributed by atoms with Crippen molar-refractivity contribution in [2.24, 2.45) is 4.99 Å². The number of nitrogens with zero attached hydrogens (tertiary/aromatic N) is 1. The normalized spacial score (nSPS) is 11.3. The molecule has 4 heteroatoms. The second-order valence-corrected chi connectivity index (χ2v) is 2.98. The van der Waals surface area contributed by atoms with Crippen LogP contribution in [0.15, 0.2) is 17.1 Å². The maximum atomic E-state index is 11.1.